The minimum absolute atomic E-state index is 0.0345. The number of tetrazole rings is 1. The third-order valence-electron chi connectivity index (χ3n) is 3.63. The third kappa shape index (κ3) is 5.51. The molecule has 1 aromatic carbocycles. The van der Waals surface area contributed by atoms with Gasteiger partial charge in [-0.3, -0.25) is 4.79 Å². The number of nitrogens with zero attached hydrogens (tertiary/aromatic N) is 4. The number of benzene rings is 1. The third-order valence-corrected chi connectivity index (χ3v) is 3.63. The Hall–Kier alpha value is -3.03. The molecule has 0 unspecified atom stereocenters. The molecular formula is C18H23N5O3. The minimum Gasteiger partial charge on any atom is -0.451 e. The molecule has 1 amide bonds. The van der Waals surface area contributed by atoms with Gasteiger partial charge in [-0.25, -0.2) is 4.79 Å². The highest BCUT2D eigenvalue weighted by Gasteiger charge is 2.19. The van der Waals surface area contributed by atoms with Crippen LogP contribution in [0.15, 0.2) is 30.3 Å². The van der Waals surface area contributed by atoms with Crippen molar-refractivity contribution in [3.63, 3.8) is 0 Å². The predicted molar refractivity (Wildman–Crippen MR) is 96.6 cm³/mol. The number of amides is 1. The van der Waals surface area contributed by atoms with Crippen LogP contribution in [0.3, 0.4) is 0 Å². The highest BCUT2D eigenvalue weighted by Crippen LogP contribution is 2.13. The van der Waals surface area contributed by atoms with E-state index >= 15 is 0 Å². The highest BCUT2D eigenvalue weighted by atomic mass is 16.5. The molecule has 1 heterocycles. The number of rotatable bonds is 8. The minimum atomic E-state index is -0.678. The molecule has 0 aliphatic carbocycles. The van der Waals surface area contributed by atoms with Gasteiger partial charge >= 0.3 is 5.97 Å². The SMILES string of the molecule is CCC[C@@H](C)NC(=O)COC(=O)/C(=C/c1ccccc1)n1nnnc1C. The summed E-state index contributed by atoms with van der Waals surface area (Å²) in [7, 11) is 0. The molecule has 26 heavy (non-hydrogen) atoms. The summed E-state index contributed by atoms with van der Waals surface area (Å²) in [5.41, 5.74) is 0.920. The maximum Gasteiger partial charge on any atom is 0.357 e. The van der Waals surface area contributed by atoms with Gasteiger partial charge in [0.2, 0.25) is 0 Å². The molecule has 0 fully saturated rings. The number of hydrogen-bond donors (Lipinski definition) is 1. The summed E-state index contributed by atoms with van der Waals surface area (Å²) in [4.78, 5) is 24.4. The molecule has 0 bridgehead atoms. The zero-order valence-electron chi connectivity index (χ0n) is 15.2. The van der Waals surface area contributed by atoms with E-state index < -0.39 is 5.97 Å². The maximum absolute atomic E-state index is 12.5. The van der Waals surface area contributed by atoms with Crippen molar-refractivity contribution in [2.45, 2.75) is 39.7 Å². The first-order valence-electron chi connectivity index (χ1n) is 8.49. The number of ether oxygens (including phenoxy) is 1. The van der Waals surface area contributed by atoms with Gasteiger partial charge in [0.05, 0.1) is 0 Å². The molecule has 0 saturated heterocycles. The quantitative estimate of drug-likeness (QED) is 0.571. The summed E-state index contributed by atoms with van der Waals surface area (Å²) in [6, 6.07) is 9.29. The van der Waals surface area contributed by atoms with Crippen LogP contribution in [-0.4, -0.2) is 44.7 Å². The number of nitrogens with one attached hydrogen (secondary N) is 1. The summed E-state index contributed by atoms with van der Waals surface area (Å²) in [5.74, 6) is -0.584. The number of aromatic nitrogens is 4. The largest absolute Gasteiger partial charge is 0.451 e. The predicted octanol–water partition coefficient (Wildman–Crippen LogP) is 1.83. The fraction of sp³-hybridized carbons (Fsp3) is 0.389. The Labute approximate surface area is 152 Å². The van der Waals surface area contributed by atoms with Crippen molar-refractivity contribution in [3.8, 4) is 0 Å². The molecular weight excluding hydrogens is 334 g/mol. The first-order chi connectivity index (χ1) is 12.5. The van der Waals surface area contributed by atoms with E-state index in [0.29, 0.717) is 5.82 Å². The molecule has 0 saturated carbocycles. The average molecular weight is 357 g/mol. The van der Waals surface area contributed by atoms with Crippen LogP contribution in [0.5, 0.6) is 0 Å². The summed E-state index contributed by atoms with van der Waals surface area (Å²) < 4.78 is 6.45. The van der Waals surface area contributed by atoms with Crippen LogP contribution in [0.2, 0.25) is 0 Å². The standard InChI is InChI=1S/C18H23N5O3/c1-4-8-13(2)19-17(24)12-26-18(25)16(23-14(3)20-21-22-23)11-15-9-6-5-7-10-15/h5-7,9-11,13H,4,8,12H2,1-3H3,(H,19,24)/b16-11-/t13-/m1/s1. The number of carbonyl (C=O) groups is 2. The molecule has 0 spiro atoms. The van der Waals surface area contributed by atoms with E-state index in [9.17, 15) is 9.59 Å². The average Bonchev–Trinajstić information content (AvgIpc) is 3.04. The fourth-order valence-electron chi connectivity index (χ4n) is 2.39. The first-order valence-corrected chi connectivity index (χ1v) is 8.49. The van der Waals surface area contributed by atoms with Crippen molar-refractivity contribution >= 4 is 23.6 Å². The Morgan fingerprint density at radius 3 is 2.65 bits per heavy atom. The number of carbonyl (C=O) groups excluding carboxylic acids is 2. The topological polar surface area (TPSA) is 99.0 Å². The Balaban J connectivity index is 2.11. The molecule has 0 aliphatic rings. The van der Waals surface area contributed by atoms with Crippen molar-refractivity contribution in [1.29, 1.82) is 0 Å². The smallest absolute Gasteiger partial charge is 0.357 e. The molecule has 2 rings (SSSR count). The van der Waals surface area contributed by atoms with Crippen LogP contribution in [0.25, 0.3) is 11.8 Å². The summed E-state index contributed by atoms with van der Waals surface area (Å²) >= 11 is 0. The molecule has 1 aromatic heterocycles. The lowest BCUT2D eigenvalue weighted by molar-refractivity contribution is -0.143. The van der Waals surface area contributed by atoms with Crippen molar-refractivity contribution in [3.05, 3.63) is 41.7 Å². The summed E-state index contributed by atoms with van der Waals surface area (Å²) in [6.45, 7) is 5.26. The van der Waals surface area contributed by atoms with E-state index in [0.717, 1.165) is 18.4 Å². The molecule has 138 valence electrons. The summed E-state index contributed by atoms with van der Waals surface area (Å²) in [5, 5.41) is 14.0. The van der Waals surface area contributed by atoms with Gasteiger partial charge in [0.1, 0.15) is 0 Å². The second-order valence-electron chi connectivity index (χ2n) is 5.91. The second-order valence-corrected chi connectivity index (χ2v) is 5.91. The van der Waals surface area contributed by atoms with Gasteiger partial charge in [-0.2, -0.15) is 4.68 Å². The van der Waals surface area contributed by atoms with E-state index in [1.54, 1.807) is 13.0 Å². The molecule has 0 radical (unpaired) electrons. The molecule has 0 aliphatic heterocycles. The Bertz CT molecular complexity index is 770. The highest BCUT2D eigenvalue weighted by molar-refractivity contribution is 6.15. The van der Waals surface area contributed by atoms with E-state index in [2.05, 4.69) is 20.8 Å². The van der Waals surface area contributed by atoms with Crippen LogP contribution >= 0.6 is 0 Å². The first kappa shape index (κ1) is 19.3. The normalized spacial score (nSPS) is 12.5. The van der Waals surface area contributed by atoms with Gasteiger partial charge in [-0.1, -0.05) is 43.7 Å². The van der Waals surface area contributed by atoms with E-state index in [-0.39, 0.29) is 24.3 Å². The maximum atomic E-state index is 12.5. The van der Waals surface area contributed by atoms with Gasteiger partial charge in [-0.15, -0.1) is 5.10 Å². The van der Waals surface area contributed by atoms with Gasteiger partial charge < -0.3 is 10.1 Å². The zero-order chi connectivity index (χ0) is 18.9. The van der Waals surface area contributed by atoms with Gasteiger partial charge in [-0.05, 0) is 42.3 Å². The van der Waals surface area contributed by atoms with Crippen molar-refractivity contribution in [2.75, 3.05) is 6.61 Å². The molecule has 8 nitrogen and oxygen atoms in total. The molecule has 8 heteroatoms. The van der Waals surface area contributed by atoms with E-state index in [1.165, 1.54) is 4.68 Å². The Morgan fingerprint density at radius 2 is 2.04 bits per heavy atom. The second kappa shape index (κ2) is 9.45. The van der Waals surface area contributed by atoms with Crippen molar-refractivity contribution in [1.82, 2.24) is 25.5 Å². The van der Waals surface area contributed by atoms with Gasteiger partial charge in [0.25, 0.3) is 5.91 Å². The van der Waals surface area contributed by atoms with Crippen molar-refractivity contribution in [2.24, 2.45) is 0 Å². The lowest BCUT2D eigenvalue weighted by Gasteiger charge is -2.13. The number of esters is 1. The summed E-state index contributed by atoms with van der Waals surface area (Å²) in [6.07, 6.45) is 3.44. The number of aryl methyl sites for hydroxylation is 1. The van der Waals surface area contributed by atoms with Crippen LogP contribution in [-0.2, 0) is 14.3 Å². The molecule has 2 aromatic rings. The Morgan fingerprint density at radius 1 is 1.31 bits per heavy atom. The van der Waals surface area contributed by atoms with Gasteiger partial charge in [0, 0.05) is 6.04 Å². The zero-order valence-corrected chi connectivity index (χ0v) is 15.2. The van der Waals surface area contributed by atoms with Crippen LogP contribution < -0.4 is 5.32 Å². The van der Waals surface area contributed by atoms with E-state index in [4.69, 9.17) is 4.74 Å². The van der Waals surface area contributed by atoms with Crippen molar-refractivity contribution < 1.29 is 14.3 Å². The fourth-order valence-corrected chi connectivity index (χ4v) is 2.39. The van der Waals surface area contributed by atoms with E-state index in [1.807, 2.05) is 44.2 Å². The lowest BCUT2D eigenvalue weighted by Crippen LogP contribution is -2.36. The molecule has 1 N–H and O–H groups in total. The monoisotopic (exact) mass is 357 g/mol. The number of hydrogen-bond acceptors (Lipinski definition) is 6. The van der Waals surface area contributed by atoms with Crippen LogP contribution in [0.1, 0.15) is 38.1 Å². The molecule has 1 atom stereocenters. The lowest BCUT2D eigenvalue weighted by atomic mass is 10.2. The van der Waals surface area contributed by atoms with Crippen LogP contribution in [0, 0.1) is 6.92 Å². The Kier molecular flexibility index (Phi) is 7.02. The van der Waals surface area contributed by atoms with Crippen LogP contribution in [0.4, 0.5) is 0 Å². The van der Waals surface area contributed by atoms with Gasteiger partial charge in [0.15, 0.2) is 18.1 Å².